The third-order valence-electron chi connectivity index (χ3n) is 5.67. The number of amides is 1. The predicted molar refractivity (Wildman–Crippen MR) is 110 cm³/mol. The van der Waals surface area contributed by atoms with Gasteiger partial charge in [-0.1, -0.05) is 17.7 Å². The molecule has 0 saturated carbocycles. The standard InChI is InChI=1S/C19H20ClFN4O3S/c1-24-16-3-2-12(8-13(16)11-29(24,27)28)14-9-23-10-15(20)17(14)25-6-4-19(21,5-7-25)18(22)26/h2-3,8-10H,4-7,11H2,1H3,(H2,22,26). The number of hydrogen-bond donors (Lipinski definition) is 1. The number of nitrogens with zero attached hydrogens (tertiary/aromatic N) is 3. The number of halogens is 2. The van der Waals surface area contributed by atoms with E-state index in [0.29, 0.717) is 22.0 Å². The van der Waals surface area contributed by atoms with Crippen molar-refractivity contribution in [1.29, 1.82) is 0 Å². The molecule has 154 valence electrons. The molecule has 1 fully saturated rings. The van der Waals surface area contributed by atoms with Crippen LogP contribution in [0, 0.1) is 0 Å². The fourth-order valence-electron chi connectivity index (χ4n) is 3.91. The zero-order valence-corrected chi connectivity index (χ0v) is 17.3. The average molecular weight is 439 g/mol. The van der Waals surface area contributed by atoms with E-state index in [2.05, 4.69) is 4.98 Å². The Morgan fingerprint density at radius 1 is 1.28 bits per heavy atom. The molecule has 29 heavy (non-hydrogen) atoms. The summed E-state index contributed by atoms with van der Waals surface area (Å²) in [6.07, 6.45) is 3.13. The topological polar surface area (TPSA) is 96.6 Å². The van der Waals surface area contributed by atoms with Gasteiger partial charge in [0.25, 0.3) is 5.91 Å². The highest BCUT2D eigenvalue weighted by molar-refractivity contribution is 7.92. The van der Waals surface area contributed by atoms with Crippen LogP contribution >= 0.6 is 11.6 Å². The number of benzene rings is 1. The second-order valence-electron chi connectivity index (χ2n) is 7.40. The summed E-state index contributed by atoms with van der Waals surface area (Å²) in [4.78, 5) is 17.5. The van der Waals surface area contributed by atoms with Crippen LogP contribution in [-0.2, 0) is 20.6 Å². The van der Waals surface area contributed by atoms with Crippen molar-refractivity contribution in [3.63, 3.8) is 0 Å². The lowest BCUT2D eigenvalue weighted by atomic mass is 9.91. The summed E-state index contributed by atoms with van der Waals surface area (Å²) in [5.41, 5.74) is 6.71. The van der Waals surface area contributed by atoms with Gasteiger partial charge in [0, 0.05) is 50.9 Å². The summed E-state index contributed by atoms with van der Waals surface area (Å²) in [7, 11) is -1.82. The van der Waals surface area contributed by atoms with Gasteiger partial charge in [-0.25, -0.2) is 12.8 Å². The highest BCUT2D eigenvalue weighted by atomic mass is 35.5. The number of aromatic nitrogens is 1. The molecule has 1 aromatic heterocycles. The molecule has 1 saturated heterocycles. The summed E-state index contributed by atoms with van der Waals surface area (Å²) >= 11 is 6.44. The van der Waals surface area contributed by atoms with Gasteiger partial charge in [-0.05, 0) is 23.3 Å². The van der Waals surface area contributed by atoms with Crippen LogP contribution in [0.4, 0.5) is 15.8 Å². The Balaban J connectivity index is 1.71. The Morgan fingerprint density at radius 2 is 1.97 bits per heavy atom. The number of nitrogens with two attached hydrogens (primary N) is 1. The van der Waals surface area contributed by atoms with Gasteiger partial charge in [0.1, 0.15) is 0 Å². The molecule has 4 rings (SSSR count). The van der Waals surface area contributed by atoms with E-state index in [9.17, 15) is 17.6 Å². The largest absolute Gasteiger partial charge is 0.369 e. The van der Waals surface area contributed by atoms with Gasteiger partial charge in [0.2, 0.25) is 10.0 Å². The minimum absolute atomic E-state index is 0.0202. The highest BCUT2D eigenvalue weighted by Crippen LogP contribution is 2.42. The van der Waals surface area contributed by atoms with E-state index in [1.165, 1.54) is 17.5 Å². The third kappa shape index (κ3) is 3.32. The van der Waals surface area contributed by atoms with E-state index in [4.69, 9.17) is 17.3 Å². The van der Waals surface area contributed by atoms with Crippen LogP contribution in [0.2, 0.25) is 5.02 Å². The number of fused-ring (bicyclic) bond motifs is 1. The van der Waals surface area contributed by atoms with E-state index in [1.807, 2.05) is 17.0 Å². The lowest BCUT2D eigenvalue weighted by molar-refractivity contribution is -0.130. The lowest BCUT2D eigenvalue weighted by Crippen LogP contribution is -2.49. The summed E-state index contributed by atoms with van der Waals surface area (Å²) in [5.74, 6) is -1.01. The first kappa shape index (κ1) is 19.9. The molecule has 7 nitrogen and oxygen atoms in total. The number of primary amides is 1. The number of pyridine rings is 1. The monoisotopic (exact) mass is 438 g/mol. The van der Waals surface area contributed by atoms with Crippen LogP contribution in [0.5, 0.6) is 0 Å². The molecule has 0 aliphatic carbocycles. The predicted octanol–water partition coefficient (Wildman–Crippen LogP) is 2.48. The van der Waals surface area contributed by atoms with Crippen LogP contribution in [0.3, 0.4) is 0 Å². The van der Waals surface area contributed by atoms with Crippen molar-refractivity contribution >= 4 is 38.9 Å². The van der Waals surface area contributed by atoms with E-state index >= 15 is 0 Å². The van der Waals surface area contributed by atoms with Crippen molar-refractivity contribution in [3.8, 4) is 11.1 Å². The molecule has 0 atom stereocenters. The van der Waals surface area contributed by atoms with Gasteiger partial charge >= 0.3 is 0 Å². The van der Waals surface area contributed by atoms with Crippen LogP contribution in [0.15, 0.2) is 30.6 Å². The molecule has 0 bridgehead atoms. The van der Waals surface area contributed by atoms with Gasteiger partial charge < -0.3 is 10.6 Å². The van der Waals surface area contributed by atoms with Crippen molar-refractivity contribution < 1.29 is 17.6 Å². The van der Waals surface area contributed by atoms with Crippen LogP contribution in [0.1, 0.15) is 18.4 Å². The minimum atomic E-state index is -3.35. The Kier molecular flexibility index (Phi) is 4.70. The number of carbonyl (C=O) groups excluding carboxylic acids is 1. The second-order valence-corrected chi connectivity index (χ2v) is 9.81. The summed E-state index contributed by atoms with van der Waals surface area (Å²) in [6, 6.07) is 5.40. The molecule has 2 aliphatic heterocycles. The molecule has 1 amide bonds. The first-order valence-electron chi connectivity index (χ1n) is 9.09. The van der Waals surface area contributed by atoms with Gasteiger partial charge in [0.15, 0.2) is 5.67 Å². The summed E-state index contributed by atoms with van der Waals surface area (Å²) in [5, 5.41) is 0.401. The molecule has 2 N–H and O–H groups in total. The minimum Gasteiger partial charge on any atom is -0.369 e. The van der Waals surface area contributed by atoms with Crippen molar-refractivity contribution in [2.24, 2.45) is 5.73 Å². The fourth-order valence-corrected chi connectivity index (χ4v) is 5.48. The smallest absolute Gasteiger partial charge is 0.255 e. The Hall–Kier alpha value is -2.39. The maximum atomic E-state index is 14.6. The van der Waals surface area contributed by atoms with Gasteiger partial charge in [-0.3, -0.25) is 14.1 Å². The maximum absolute atomic E-state index is 14.6. The highest BCUT2D eigenvalue weighted by Gasteiger charge is 2.41. The van der Waals surface area contributed by atoms with E-state index in [0.717, 1.165) is 11.1 Å². The number of alkyl halides is 1. The third-order valence-corrected chi connectivity index (χ3v) is 7.66. The number of anilines is 2. The molecular weight excluding hydrogens is 419 g/mol. The van der Waals surface area contributed by atoms with Crippen molar-refractivity contribution in [2.45, 2.75) is 24.3 Å². The van der Waals surface area contributed by atoms with Crippen LogP contribution in [-0.4, -0.2) is 45.1 Å². The Morgan fingerprint density at radius 3 is 2.62 bits per heavy atom. The zero-order chi connectivity index (χ0) is 21.0. The normalized spacial score (nSPS) is 19.8. The molecule has 0 spiro atoms. The van der Waals surface area contributed by atoms with Crippen molar-refractivity contribution in [1.82, 2.24) is 4.98 Å². The van der Waals surface area contributed by atoms with Gasteiger partial charge in [0.05, 0.1) is 22.2 Å². The van der Waals surface area contributed by atoms with Gasteiger partial charge in [-0.2, -0.15) is 0 Å². The molecule has 0 unspecified atom stereocenters. The van der Waals surface area contributed by atoms with Crippen molar-refractivity contribution in [3.05, 3.63) is 41.2 Å². The Bertz CT molecular complexity index is 1100. The Labute approximate surface area is 173 Å². The van der Waals surface area contributed by atoms with E-state index in [-0.39, 0.29) is 31.7 Å². The molecule has 10 heteroatoms. The summed E-state index contributed by atoms with van der Waals surface area (Å²) < 4.78 is 40.2. The molecular formula is C19H20ClFN4O3S. The number of piperidine rings is 1. The second kappa shape index (κ2) is 6.84. The SMILES string of the molecule is CN1c2ccc(-c3cncc(Cl)c3N3CCC(F)(C(N)=O)CC3)cc2CS1(=O)=O. The first-order chi connectivity index (χ1) is 13.6. The number of sulfonamides is 1. The number of carbonyl (C=O) groups is 1. The van der Waals surface area contributed by atoms with Crippen LogP contribution < -0.4 is 14.9 Å². The number of hydrogen-bond acceptors (Lipinski definition) is 5. The van der Waals surface area contributed by atoms with Crippen LogP contribution in [0.25, 0.3) is 11.1 Å². The number of rotatable bonds is 3. The van der Waals surface area contributed by atoms with Crippen molar-refractivity contribution in [2.75, 3.05) is 29.3 Å². The lowest BCUT2D eigenvalue weighted by Gasteiger charge is -2.37. The molecule has 2 aromatic rings. The first-order valence-corrected chi connectivity index (χ1v) is 11.1. The molecule has 1 aromatic carbocycles. The zero-order valence-electron chi connectivity index (χ0n) is 15.7. The average Bonchev–Trinajstić information content (AvgIpc) is 2.90. The molecule has 2 aliphatic rings. The van der Waals surface area contributed by atoms with E-state index < -0.39 is 21.6 Å². The summed E-state index contributed by atoms with van der Waals surface area (Å²) in [6.45, 7) is 0.552. The molecule has 3 heterocycles. The fraction of sp³-hybridized carbons (Fsp3) is 0.368. The van der Waals surface area contributed by atoms with E-state index in [1.54, 1.807) is 12.3 Å². The maximum Gasteiger partial charge on any atom is 0.255 e. The molecule has 0 radical (unpaired) electrons. The quantitative estimate of drug-likeness (QED) is 0.794. The van der Waals surface area contributed by atoms with Gasteiger partial charge in [-0.15, -0.1) is 0 Å².